The zero-order valence-electron chi connectivity index (χ0n) is 20.1. The summed E-state index contributed by atoms with van der Waals surface area (Å²) >= 11 is 0. The van der Waals surface area contributed by atoms with Crippen LogP contribution in [0.5, 0.6) is 5.75 Å². The Morgan fingerprint density at radius 2 is 1.86 bits per heavy atom. The summed E-state index contributed by atoms with van der Waals surface area (Å²) < 4.78 is 11.4. The SMILES string of the molecule is COCCCNC(=O)c1ccc2c(c1)C1C=CCC1C(c1ccccc1OCc1ccccc1)N2. The van der Waals surface area contributed by atoms with Crippen LogP contribution in [0.3, 0.4) is 0 Å². The van der Waals surface area contributed by atoms with Gasteiger partial charge in [0, 0.05) is 43.0 Å². The van der Waals surface area contributed by atoms with Crippen LogP contribution in [0.2, 0.25) is 0 Å². The number of methoxy groups -OCH3 is 1. The van der Waals surface area contributed by atoms with E-state index in [4.69, 9.17) is 9.47 Å². The Bertz CT molecular complexity index is 1190. The predicted molar refractivity (Wildman–Crippen MR) is 139 cm³/mol. The van der Waals surface area contributed by atoms with Crippen molar-refractivity contribution in [3.8, 4) is 5.75 Å². The van der Waals surface area contributed by atoms with Crippen LogP contribution in [0, 0.1) is 5.92 Å². The predicted octanol–water partition coefficient (Wildman–Crippen LogP) is 5.86. The van der Waals surface area contributed by atoms with Crippen molar-refractivity contribution in [3.05, 3.63) is 107 Å². The van der Waals surface area contributed by atoms with Crippen LogP contribution in [0.1, 0.15) is 51.8 Å². The minimum atomic E-state index is -0.0378. The monoisotopic (exact) mass is 468 g/mol. The number of carbonyl (C=O) groups is 1. The highest BCUT2D eigenvalue weighted by atomic mass is 16.5. The normalized spacial score (nSPS) is 20.0. The number of para-hydroxylation sites is 1. The zero-order valence-corrected chi connectivity index (χ0v) is 20.1. The van der Waals surface area contributed by atoms with Crippen LogP contribution in [0.15, 0.2) is 84.9 Å². The molecule has 5 rings (SSSR count). The van der Waals surface area contributed by atoms with E-state index in [9.17, 15) is 4.79 Å². The lowest BCUT2D eigenvalue weighted by molar-refractivity contribution is 0.0948. The molecule has 0 bridgehead atoms. The van der Waals surface area contributed by atoms with Gasteiger partial charge in [0.05, 0.1) is 6.04 Å². The van der Waals surface area contributed by atoms with Crippen molar-refractivity contribution >= 4 is 11.6 Å². The van der Waals surface area contributed by atoms with Crippen LogP contribution < -0.4 is 15.4 Å². The second-order valence-electron chi connectivity index (χ2n) is 9.19. The van der Waals surface area contributed by atoms with Crippen LogP contribution >= 0.6 is 0 Å². The number of fused-ring (bicyclic) bond motifs is 3. The number of nitrogens with one attached hydrogen (secondary N) is 2. The van der Waals surface area contributed by atoms with Gasteiger partial charge in [0.25, 0.3) is 5.91 Å². The van der Waals surface area contributed by atoms with Crippen molar-refractivity contribution in [1.82, 2.24) is 5.32 Å². The van der Waals surface area contributed by atoms with Gasteiger partial charge in [0.1, 0.15) is 12.4 Å². The summed E-state index contributed by atoms with van der Waals surface area (Å²) in [5, 5.41) is 6.78. The smallest absolute Gasteiger partial charge is 0.251 e. The average Bonchev–Trinajstić information content (AvgIpc) is 3.40. The molecule has 0 spiro atoms. The van der Waals surface area contributed by atoms with Crippen LogP contribution in [0.25, 0.3) is 0 Å². The third-order valence-electron chi connectivity index (χ3n) is 6.93. The maximum absolute atomic E-state index is 12.7. The second kappa shape index (κ2) is 10.8. The minimum Gasteiger partial charge on any atom is -0.489 e. The Morgan fingerprint density at radius 1 is 1.03 bits per heavy atom. The number of hydrogen-bond acceptors (Lipinski definition) is 4. The molecule has 3 aromatic rings. The Labute approximate surface area is 207 Å². The van der Waals surface area contributed by atoms with Crippen molar-refractivity contribution in [2.75, 3.05) is 25.6 Å². The summed E-state index contributed by atoms with van der Waals surface area (Å²) in [5.74, 6) is 1.50. The van der Waals surface area contributed by atoms with E-state index in [1.807, 2.05) is 36.4 Å². The summed E-state index contributed by atoms with van der Waals surface area (Å²) in [6, 6.07) is 24.7. The lowest BCUT2D eigenvalue weighted by Gasteiger charge is -2.38. The number of benzene rings is 3. The molecule has 180 valence electrons. The summed E-state index contributed by atoms with van der Waals surface area (Å²) in [5.41, 5.74) is 5.29. The molecule has 1 heterocycles. The molecule has 0 fully saturated rings. The van der Waals surface area contributed by atoms with Gasteiger partial charge in [0.15, 0.2) is 0 Å². The lowest BCUT2D eigenvalue weighted by atomic mass is 9.76. The Kier molecular flexibility index (Phi) is 7.15. The van der Waals surface area contributed by atoms with Crippen molar-refractivity contribution in [1.29, 1.82) is 0 Å². The molecular formula is C30H32N2O3. The third kappa shape index (κ3) is 5.10. The van der Waals surface area contributed by atoms with E-state index in [1.165, 1.54) is 11.1 Å². The van der Waals surface area contributed by atoms with Crippen LogP contribution in [-0.2, 0) is 11.3 Å². The molecule has 3 atom stereocenters. The number of anilines is 1. The number of ether oxygens (including phenoxy) is 2. The highest BCUT2D eigenvalue weighted by molar-refractivity contribution is 5.95. The highest BCUT2D eigenvalue weighted by Gasteiger charge is 2.39. The first-order chi connectivity index (χ1) is 17.2. The van der Waals surface area contributed by atoms with Gasteiger partial charge in [-0.05, 0) is 54.2 Å². The minimum absolute atomic E-state index is 0.0378. The fraction of sp³-hybridized carbons (Fsp3) is 0.300. The van der Waals surface area contributed by atoms with Crippen molar-refractivity contribution in [2.24, 2.45) is 5.92 Å². The molecule has 5 heteroatoms. The molecule has 1 amide bonds. The van der Waals surface area contributed by atoms with E-state index in [0.29, 0.717) is 31.2 Å². The van der Waals surface area contributed by atoms with E-state index in [2.05, 4.69) is 59.2 Å². The van der Waals surface area contributed by atoms with Gasteiger partial charge in [-0.1, -0.05) is 60.7 Å². The molecule has 0 saturated heterocycles. The van der Waals surface area contributed by atoms with Crippen molar-refractivity contribution in [2.45, 2.75) is 31.4 Å². The van der Waals surface area contributed by atoms with E-state index >= 15 is 0 Å². The number of allylic oxidation sites excluding steroid dienone is 2. The highest BCUT2D eigenvalue weighted by Crippen LogP contribution is 2.51. The Hall–Kier alpha value is -3.57. The first-order valence-corrected chi connectivity index (χ1v) is 12.3. The number of hydrogen-bond donors (Lipinski definition) is 2. The number of rotatable bonds is 9. The van der Waals surface area contributed by atoms with E-state index < -0.39 is 0 Å². The molecule has 1 aliphatic carbocycles. The molecule has 2 aliphatic rings. The standard InChI is InChI=1S/C30H32N2O3/c1-34-18-8-17-31-30(33)22-15-16-27-26(19-22)23-12-7-13-24(23)29(32-27)25-11-5-6-14-28(25)35-20-21-9-3-2-4-10-21/h2-7,9-12,14-16,19,23-24,29,32H,8,13,17-18,20H2,1H3,(H,31,33). The summed E-state index contributed by atoms with van der Waals surface area (Å²) in [4.78, 5) is 12.7. The summed E-state index contributed by atoms with van der Waals surface area (Å²) in [7, 11) is 1.67. The molecule has 2 N–H and O–H groups in total. The average molecular weight is 469 g/mol. The maximum Gasteiger partial charge on any atom is 0.251 e. The molecule has 0 saturated carbocycles. The van der Waals surface area contributed by atoms with Gasteiger partial charge < -0.3 is 20.1 Å². The lowest BCUT2D eigenvalue weighted by Crippen LogP contribution is -2.30. The molecule has 35 heavy (non-hydrogen) atoms. The fourth-order valence-electron chi connectivity index (χ4n) is 5.17. The first kappa shape index (κ1) is 23.2. The van der Waals surface area contributed by atoms with Gasteiger partial charge in [-0.15, -0.1) is 0 Å². The largest absolute Gasteiger partial charge is 0.489 e. The van der Waals surface area contributed by atoms with Gasteiger partial charge in [-0.2, -0.15) is 0 Å². The van der Waals surface area contributed by atoms with Gasteiger partial charge in [0.2, 0.25) is 0 Å². The molecule has 3 unspecified atom stereocenters. The Morgan fingerprint density at radius 3 is 2.71 bits per heavy atom. The first-order valence-electron chi connectivity index (χ1n) is 12.3. The third-order valence-corrected chi connectivity index (χ3v) is 6.93. The van der Waals surface area contributed by atoms with Crippen LogP contribution in [-0.4, -0.2) is 26.2 Å². The topological polar surface area (TPSA) is 59.6 Å². The molecule has 0 aromatic heterocycles. The summed E-state index contributed by atoms with van der Waals surface area (Å²) in [6.07, 6.45) is 6.35. The maximum atomic E-state index is 12.7. The van der Waals surface area contributed by atoms with Crippen LogP contribution in [0.4, 0.5) is 5.69 Å². The Balaban J connectivity index is 1.37. The van der Waals surface area contributed by atoms with Gasteiger partial charge in [-0.3, -0.25) is 4.79 Å². The zero-order chi connectivity index (χ0) is 24.0. The van der Waals surface area contributed by atoms with Gasteiger partial charge >= 0.3 is 0 Å². The molecule has 0 radical (unpaired) electrons. The van der Waals surface area contributed by atoms with E-state index in [0.717, 1.165) is 29.8 Å². The van der Waals surface area contributed by atoms with Gasteiger partial charge in [-0.25, -0.2) is 0 Å². The molecule has 3 aromatic carbocycles. The van der Waals surface area contributed by atoms with Crippen molar-refractivity contribution < 1.29 is 14.3 Å². The molecular weight excluding hydrogens is 436 g/mol. The second-order valence-corrected chi connectivity index (χ2v) is 9.19. The number of carbonyl (C=O) groups excluding carboxylic acids is 1. The fourth-order valence-corrected chi connectivity index (χ4v) is 5.17. The molecule has 1 aliphatic heterocycles. The summed E-state index contributed by atoms with van der Waals surface area (Å²) in [6.45, 7) is 1.78. The van der Waals surface area contributed by atoms with E-state index in [1.54, 1.807) is 7.11 Å². The number of amides is 1. The quantitative estimate of drug-likeness (QED) is 0.305. The van der Waals surface area contributed by atoms with Crippen molar-refractivity contribution in [3.63, 3.8) is 0 Å². The molecule has 5 nitrogen and oxygen atoms in total. The van der Waals surface area contributed by atoms with E-state index in [-0.39, 0.29) is 17.9 Å².